The summed E-state index contributed by atoms with van der Waals surface area (Å²) >= 11 is 0. The second kappa shape index (κ2) is 5.88. The van der Waals surface area contributed by atoms with Crippen LogP contribution in [0.4, 0.5) is 13.2 Å². The zero-order valence-electron chi connectivity index (χ0n) is 11.2. The summed E-state index contributed by atoms with van der Waals surface area (Å²) < 4.78 is 44.3. The summed E-state index contributed by atoms with van der Waals surface area (Å²) in [5, 5.41) is 8.72. The van der Waals surface area contributed by atoms with Crippen molar-refractivity contribution in [2.24, 2.45) is 0 Å². The summed E-state index contributed by atoms with van der Waals surface area (Å²) in [5.41, 5.74) is 0.446. The van der Waals surface area contributed by atoms with Crippen LogP contribution in [-0.4, -0.2) is 7.11 Å². The molecule has 0 bridgehead atoms. The lowest BCUT2D eigenvalue weighted by molar-refractivity contribution is -0.137. The highest BCUT2D eigenvalue weighted by Crippen LogP contribution is 2.38. The van der Waals surface area contributed by atoms with E-state index < -0.39 is 11.7 Å². The van der Waals surface area contributed by atoms with E-state index in [0.29, 0.717) is 16.9 Å². The lowest BCUT2D eigenvalue weighted by atomic mass is 9.97. The molecule has 108 valence electrons. The molecular weight excluding hydrogens is 279 g/mol. The van der Waals surface area contributed by atoms with Crippen molar-refractivity contribution in [1.82, 2.24) is 0 Å². The predicted molar refractivity (Wildman–Crippen MR) is 72.7 cm³/mol. The van der Waals surface area contributed by atoms with Crippen molar-refractivity contribution in [3.05, 3.63) is 53.6 Å². The third-order valence-electron chi connectivity index (χ3n) is 3.10. The van der Waals surface area contributed by atoms with E-state index in [9.17, 15) is 13.2 Å². The van der Waals surface area contributed by atoms with Crippen molar-refractivity contribution >= 4 is 0 Å². The lowest BCUT2D eigenvalue weighted by Crippen LogP contribution is -2.07. The molecule has 0 atom stereocenters. The molecule has 0 amide bonds. The van der Waals surface area contributed by atoms with Crippen molar-refractivity contribution in [2.45, 2.75) is 12.6 Å². The summed E-state index contributed by atoms with van der Waals surface area (Å²) in [7, 11) is 1.43. The first kappa shape index (κ1) is 14.9. The zero-order valence-corrected chi connectivity index (χ0v) is 11.2. The van der Waals surface area contributed by atoms with E-state index in [1.165, 1.54) is 25.3 Å². The Morgan fingerprint density at radius 2 is 1.86 bits per heavy atom. The summed E-state index contributed by atoms with van der Waals surface area (Å²) in [5.74, 6) is 0.408. The molecule has 0 heterocycles. The predicted octanol–water partition coefficient (Wildman–Crippen LogP) is 4.45. The van der Waals surface area contributed by atoms with Gasteiger partial charge in [-0.05, 0) is 23.3 Å². The standard InChI is InChI=1S/C16H12F3NO/c1-21-15-10-12(7-6-11(15)8-9-20)13-4-2-3-5-14(13)16(17,18)19/h2-7,10H,8H2,1H3. The molecule has 0 saturated carbocycles. The minimum atomic E-state index is -4.42. The molecule has 0 aliphatic heterocycles. The van der Waals surface area contributed by atoms with Crippen LogP contribution in [0.25, 0.3) is 11.1 Å². The fourth-order valence-corrected chi connectivity index (χ4v) is 2.13. The molecule has 0 aliphatic rings. The van der Waals surface area contributed by atoms with Gasteiger partial charge >= 0.3 is 6.18 Å². The van der Waals surface area contributed by atoms with Crippen LogP contribution in [0, 0.1) is 11.3 Å². The number of benzene rings is 2. The average Bonchev–Trinajstić information content (AvgIpc) is 2.47. The first-order valence-corrected chi connectivity index (χ1v) is 6.18. The third-order valence-corrected chi connectivity index (χ3v) is 3.10. The lowest BCUT2D eigenvalue weighted by Gasteiger charge is -2.14. The second-order valence-electron chi connectivity index (χ2n) is 4.40. The quantitative estimate of drug-likeness (QED) is 0.837. The molecule has 0 aromatic heterocycles. The van der Waals surface area contributed by atoms with Gasteiger partial charge in [-0.3, -0.25) is 0 Å². The Morgan fingerprint density at radius 1 is 1.14 bits per heavy atom. The van der Waals surface area contributed by atoms with E-state index in [1.54, 1.807) is 18.2 Å². The first-order chi connectivity index (χ1) is 9.97. The van der Waals surface area contributed by atoms with Crippen LogP contribution >= 0.6 is 0 Å². The highest BCUT2D eigenvalue weighted by Gasteiger charge is 2.33. The fraction of sp³-hybridized carbons (Fsp3) is 0.188. The minimum absolute atomic E-state index is 0.0896. The van der Waals surface area contributed by atoms with Crippen LogP contribution < -0.4 is 4.74 Å². The molecule has 2 aromatic rings. The number of nitrogens with zero attached hydrogens (tertiary/aromatic N) is 1. The molecule has 5 heteroatoms. The summed E-state index contributed by atoms with van der Waals surface area (Å²) in [6, 6.07) is 12.1. The molecule has 0 spiro atoms. The monoisotopic (exact) mass is 291 g/mol. The highest BCUT2D eigenvalue weighted by molar-refractivity contribution is 5.70. The Kier molecular flexibility index (Phi) is 4.18. The van der Waals surface area contributed by atoms with Gasteiger partial charge in [-0.2, -0.15) is 18.4 Å². The summed E-state index contributed by atoms with van der Waals surface area (Å²) in [6.45, 7) is 0. The van der Waals surface area contributed by atoms with Crippen LogP contribution in [0.2, 0.25) is 0 Å². The number of methoxy groups -OCH3 is 1. The van der Waals surface area contributed by atoms with Gasteiger partial charge in [0.2, 0.25) is 0 Å². The normalized spacial score (nSPS) is 11.0. The Hall–Kier alpha value is -2.48. The van der Waals surface area contributed by atoms with Crippen LogP contribution in [0.1, 0.15) is 11.1 Å². The number of halogens is 3. The average molecular weight is 291 g/mol. The van der Waals surface area contributed by atoms with Gasteiger partial charge in [-0.25, -0.2) is 0 Å². The van der Waals surface area contributed by atoms with Crippen molar-refractivity contribution in [3.63, 3.8) is 0 Å². The molecule has 0 saturated heterocycles. The molecule has 0 unspecified atom stereocenters. The van der Waals surface area contributed by atoms with Crippen molar-refractivity contribution in [3.8, 4) is 22.9 Å². The molecule has 2 rings (SSSR count). The van der Waals surface area contributed by atoms with Gasteiger partial charge in [0.25, 0.3) is 0 Å². The van der Waals surface area contributed by atoms with Gasteiger partial charge in [0.05, 0.1) is 25.2 Å². The number of hydrogen-bond acceptors (Lipinski definition) is 2. The first-order valence-electron chi connectivity index (χ1n) is 6.18. The number of nitriles is 1. The zero-order chi connectivity index (χ0) is 15.5. The SMILES string of the molecule is COc1cc(-c2ccccc2C(F)(F)F)ccc1CC#N. The third kappa shape index (κ3) is 3.16. The molecule has 0 aliphatic carbocycles. The Balaban J connectivity index is 2.56. The minimum Gasteiger partial charge on any atom is -0.496 e. The van der Waals surface area contributed by atoms with Gasteiger partial charge in [0, 0.05) is 5.56 Å². The Bertz CT molecular complexity index is 687. The van der Waals surface area contributed by atoms with Crippen molar-refractivity contribution in [1.29, 1.82) is 5.26 Å². The molecule has 0 N–H and O–H groups in total. The van der Waals surface area contributed by atoms with E-state index in [-0.39, 0.29) is 12.0 Å². The van der Waals surface area contributed by atoms with Crippen LogP contribution in [0.5, 0.6) is 5.75 Å². The topological polar surface area (TPSA) is 33.0 Å². The van der Waals surface area contributed by atoms with E-state index in [2.05, 4.69) is 0 Å². The van der Waals surface area contributed by atoms with Gasteiger partial charge in [-0.15, -0.1) is 0 Å². The van der Waals surface area contributed by atoms with Gasteiger partial charge in [0.1, 0.15) is 5.75 Å². The maximum absolute atomic E-state index is 13.0. The fourth-order valence-electron chi connectivity index (χ4n) is 2.13. The van der Waals surface area contributed by atoms with Crippen LogP contribution in [-0.2, 0) is 12.6 Å². The van der Waals surface area contributed by atoms with Crippen molar-refractivity contribution < 1.29 is 17.9 Å². The van der Waals surface area contributed by atoms with Gasteiger partial charge in [-0.1, -0.05) is 30.3 Å². The largest absolute Gasteiger partial charge is 0.496 e. The van der Waals surface area contributed by atoms with E-state index >= 15 is 0 Å². The summed E-state index contributed by atoms with van der Waals surface area (Å²) in [4.78, 5) is 0. The van der Waals surface area contributed by atoms with E-state index in [1.807, 2.05) is 6.07 Å². The Labute approximate surface area is 120 Å². The second-order valence-corrected chi connectivity index (χ2v) is 4.40. The van der Waals surface area contributed by atoms with Gasteiger partial charge in [0.15, 0.2) is 0 Å². The number of rotatable bonds is 3. The molecule has 2 nitrogen and oxygen atoms in total. The molecular formula is C16H12F3NO. The van der Waals surface area contributed by atoms with Crippen LogP contribution in [0.15, 0.2) is 42.5 Å². The van der Waals surface area contributed by atoms with E-state index in [0.717, 1.165) is 6.07 Å². The summed E-state index contributed by atoms with van der Waals surface area (Å²) in [6.07, 6.45) is -4.28. The highest BCUT2D eigenvalue weighted by atomic mass is 19.4. The Morgan fingerprint density at radius 3 is 2.48 bits per heavy atom. The smallest absolute Gasteiger partial charge is 0.417 e. The van der Waals surface area contributed by atoms with Gasteiger partial charge < -0.3 is 4.74 Å². The van der Waals surface area contributed by atoms with E-state index in [4.69, 9.17) is 10.00 Å². The maximum Gasteiger partial charge on any atom is 0.417 e. The maximum atomic E-state index is 13.0. The number of hydrogen-bond donors (Lipinski definition) is 0. The van der Waals surface area contributed by atoms with Crippen molar-refractivity contribution in [2.75, 3.05) is 7.11 Å². The number of alkyl halides is 3. The molecule has 0 fully saturated rings. The number of ether oxygens (including phenoxy) is 1. The molecule has 2 aromatic carbocycles. The van der Waals surface area contributed by atoms with Crippen LogP contribution in [0.3, 0.4) is 0 Å². The molecule has 0 radical (unpaired) electrons. The molecule has 21 heavy (non-hydrogen) atoms.